The summed E-state index contributed by atoms with van der Waals surface area (Å²) in [5, 5.41) is 0. The second kappa shape index (κ2) is 12.7. The van der Waals surface area contributed by atoms with Crippen LogP contribution < -0.4 is 0 Å². The van der Waals surface area contributed by atoms with Gasteiger partial charge in [-0.25, -0.2) is 24.4 Å². The SMILES string of the molecule is COC(=O)[C@H](CC/C=C1/N=C(OC)[C@H](C(C)C)N=C1OC)N(C(=O)OC(C)(C)C)C(=O)OC(C)(C)C. The Morgan fingerprint density at radius 1 is 0.944 bits per heavy atom. The fourth-order valence-corrected chi connectivity index (χ4v) is 3.19. The molecule has 0 fully saturated rings. The molecule has 0 spiro atoms. The van der Waals surface area contributed by atoms with Crippen LogP contribution in [0.4, 0.5) is 9.59 Å². The van der Waals surface area contributed by atoms with Crippen LogP contribution >= 0.6 is 0 Å². The molecule has 0 aromatic carbocycles. The van der Waals surface area contributed by atoms with Crippen molar-refractivity contribution < 1.29 is 38.1 Å². The van der Waals surface area contributed by atoms with Gasteiger partial charge in [0.2, 0.25) is 11.8 Å². The Morgan fingerprint density at radius 3 is 1.86 bits per heavy atom. The van der Waals surface area contributed by atoms with Gasteiger partial charge in [-0.15, -0.1) is 0 Å². The first-order valence-electron chi connectivity index (χ1n) is 11.8. The van der Waals surface area contributed by atoms with E-state index in [4.69, 9.17) is 23.7 Å². The van der Waals surface area contributed by atoms with E-state index >= 15 is 0 Å². The number of rotatable bonds is 6. The van der Waals surface area contributed by atoms with Gasteiger partial charge in [0.15, 0.2) is 0 Å². The molecule has 0 saturated heterocycles. The van der Waals surface area contributed by atoms with Gasteiger partial charge >= 0.3 is 18.2 Å². The average molecular weight is 512 g/mol. The molecular weight excluding hydrogens is 470 g/mol. The van der Waals surface area contributed by atoms with Gasteiger partial charge in [-0.2, -0.15) is 4.90 Å². The number of imide groups is 1. The molecule has 11 nitrogen and oxygen atoms in total. The predicted molar refractivity (Wildman–Crippen MR) is 135 cm³/mol. The van der Waals surface area contributed by atoms with E-state index in [0.717, 1.165) is 0 Å². The van der Waals surface area contributed by atoms with Gasteiger partial charge in [-0.1, -0.05) is 19.9 Å². The highest BCUT2D eigenvalue weighted by atomic mass is 16.6. The van der Waals surface area contributed by atoms with Crippen LogP contribution in [0.25, 0.3) is 0 Å². The maximum Gasteiger partial charge on any atom is 0.420 e. The van der Waals surface area contributed by atoms with Crippen molar-refractivity contribution in [1.82, 2.24) is 4.90 Å². The molecule has 1 aliphatic rings. The summed E-state index contributed by atoms with van der Waals surface area (Å²) >= 11 is 0. The van der Waals surface area contributed by atoms with Crippen LogP contribution in [0.2, 0.25) is 0 Å². The van der Waals surface area contributed by atoms with E-state index in [1.165, 1.54) is 21.3 Å². The normalized spacial score (nSPS) is 18.1. The molecule has 2 amide bonds. The minimum atomic E-state index is -1.31. The fourth-order valence-electron chi connectivity index (χ4n) is 3.19. The number of nitrogens with zero attached hydrogens (tertiary/aromatic N) is 3. The van der Waals surface area contributed by atoms with Crippen molar-refractivity contribution in [1.29, 1.82) is 0 Å². The van der Waals surface area contributed by atoms with E-state index in [1.807, 2.05) is 13.8 Å². The van der Waals surface area contributed by atoms with Crippen LogP contribution in [0, 0.1) is 5.92 Å². The zero-order chi connectivity index (χ0) is 27.8. The van der Waals surface area contributed by atoms with Gasteiger partial charge in [0.05, 0.1) is 21.3 Å². The lowest BCUT2D eigenvalue weighted by atomic mass is 10.0. The zero-order valence-electron chi connectivity index (χ0n) is 23.3. The molecule has 0 N–H and O–H groups in total. The molecule has 1 heterocycles. The van der Waals surface area contributed by atoms with Gasteiger partial charge in [0, 0.05) is 0 Å². The number of hydrogen-bond acceptors (Lipinski definition) is 10. The Balaban J connectivity index is 3.32. The van der Waals surface area contributed by atoms with Gasteiger partial charge in [0.1, 0.15) is 29.0 Å². The first-order valence-corrected chi connectivity index (χ1v) is 11.8. The molecule has 0 aliphatic carbocycles. The quantitative estimate of drug-likeness (QED) is 0.377. The van der Waals surface area contributed by atoms with E-state index in [-0.39, 0.29) is 24.8 Å². The summed E-state index contributed by atoms with van der Waals surface area (Å²) in [6, 6.07) is -1.60. The summed E-state index contributed by atoms with van der Waals surface area (Å²) in [6.07, 6.45) is -0.119. The lowest BCUT2D eigenvalue weighted by Crippen LogP contribution is -2.52. The van der Waals surface area contributed by atoms with Crippen molar-refractivity contribution in [3.8, 4) is 0 Å². The third kappa shape index (κ3) is 9.16. The average Bonchev–Trinajstić information content (AvgIpc) is 2.74. The van der Waals surface area contributed by atoms with E-state index in [9.17, 15) is 14.4 Å². The topological polar surface area (TPSA) is 125 Å². The molecule has 36 heavy (non-hydrogen) atoms. The Labute approximate surface area is 213 Å². The number of allylic oxidation sites excluding steroid dienone is 1. The van der Waals surface area contributed by atoms with Crippen molar-refractivity contribution in [2.75, 3.05) is 21.3 Å². The van der Waals surface area contributed by atoms with E-state index in [0.29, 0.717) is 22.4 Å². The van der Waals surface area contributed by atoms with Gasteiger partial charge in [-0.05, 0) is 60.3 Å². The Bertz CT molecular complexity index is 866. The minimum Gasteiger partial charge on any atom is -0.482 e. The summed E-state index contributed by atoms with van der Waals surface area (Å²) in [4.78, 5) is 48.5. The number of carbonyl (C=O) groups is 3. The van der Waals surface area contributed by atoms with Gasteiger partial charge in [-0.3, -0.25) is 0 Å². The van der Waals surface area contributed by atoms with Gasteiger partial charge in [0.25, 0.3) is 0 Å². The number of aliphatic imine (C=N–C) groups is 2. The molecular formula is C25H41N3O8. The fraction of sp³-hybridized carbons (Fsp3) is 0.720. The first kappa shape index (κ1) is 30.9. The Hall–Kier alpha value is -3.11. The van der Waals surface area contributed by atoms with E-state index in [1.54, 1.807) is 47.6 Å². The molecule has 2 atom stereocenters. The van der Waals surface area contributed by atoms with Gasteiger partial charge < -0.3 is 23.7 Å². The molecule has 0 bridgehead atoms. The van der Waals surface area contributed by atoms with Crippen LogP contribution in [0.15, 0.2) is 21.8 Å². The number of hydrogen-bond donors (Lipinski definition) is 0. The van der Waals surface area contributed by atoms with E-state index < -0.39 is 35.4 Å². The van der Waals surface area contributed by atoms with Crippen LogP contribution in [0.1, 0.15) is 68.2 Å². The van der Waals surface area contributed by atoms with Crippen molar-refractivity contribution >= 4 is 30.0 Å². The molecule has 0 saturated carbocycles. The molecule has 204 valence electrons. The van der Waals surface area contributed by atoms with Crippen LogP contribution in [0.3, 0.4) is 0 Å². The highest BCUT2D eigenvalue weighted by molar-refractivity contribution is 6.01. The third-order valence-electron chi connectivity index (χ3n) is 4.74. The maximum atomic E-state index is 13.0. The zero-order valence-corrected chi connectivity index (χ0v) is 23.3. The summed E-state index contributed by atoms with van der Waals surface area (Å²) in [5.74, 6) is 0.0941. The molecule has 0 unspecified atom stereocenters. The molecule has 1 aliphatic heterocycles. The lowest BCUT2D eigenvalue weighted by molar-refractivity contribution is -0.146. The number of amides is 2. The molecule has 1 rings (SSSR count). The third-order valence-corrected chi connectivity index (χ3v) is 4.74. The molecule has 0 aromatic rings. The maximum absolute atomic E-state index is 13.0. The predicted octanol–water partition coefficient (Wildman–Crippen LogP) is 4.49. The monoisotopic (exact) mass is 511 g/mol. The first-order chi connectivity index (χ1) is 16.5. The number of methoxy groups -OCH3 is 3. The number of ether oxygens (including phenoxy) is 5. The lowest BCUT2D eigenvalue weighted by Gasteiger charge is -2.32. The highest BCUT2D eigenvalue weighted by Gasteiger charge is 2.40. The summed E-state index contributed by atoms with van der Waals surface area (Å²) in [7, 11) is 4.18. The van der Waals surface area contributed by atoms with Crippen molar-refractivity contribution in [2.24, 2.45) is 15.9 Å². The van der Waals surface area contributed by atoms with Crippen LogP contribution in [-0.2, 0) is 28.5 Å². The molecule has 0 radical (unpaired) electrons. The summed E-state index contributed by atoms with van der Waals surface area (Å²) in [6.45, 7) is 13.9. The molecule has 11 heteroatoms. The second-order valence-corrected chi connectivity index (χ2v) is 10.5. The minimum absolute atomic E-state index is 0.0110. The number of esters is 1. The van der Waals surface area contributed by atoms with E-state index in [2.05, 4.69) is 9.98 Å². The Morgan fingerprint density at radius 2 is 1.47 bits per heavy atom. The number of carbonyl (C=O) groups excluding carboxylic acids is 3. The van der Waals surface area contributed by atoms with Crippen molar-refractivity contribution in [3.63, 3.8) is 0 Å². The highest BCUT2D eigenvalue weighted by Crippen LogP contribution is 2.23. The smallest absolute Gasteiger partial charge is 0.420 e. The largest absolute Gasteiger partial charge is 0.482 e. The van der Waals surface area contributed by atoms with Crippen LogP contribution in [-0.4, -0.2) is 79.5 Å². The summed E-state index contributed by atoms with van der Waals surface area (Å²) < 4.78 is 26.5. The van der Waals surface area contributed by atoms with Crippen LogP contribution in [0.5, 0.6) is 0 Å². The standard InChI is InChI=1S/C25H41N3O8/c1-15(2)18-20(33-10)26-16(19(27-18)32-9)13-12-14-17(21(29)34-11)28(22(30)35-24(3,4)5)23(31)36-25(6,7)8/h13,15,17-18H,12,14H2,1-11H3/b16-13+/t17-,18-/m0/s1. The second-order valence-electron chi connectivity index (χ2n) is 10.5. The van der Waals surface area contributed by atoms with Crippen molar-refractivity contribution in [2.45, 2.75) is 91.5 Å². The summed E-state index contributed by atoms with van der Waals surface area (Å²) in [5.41, 5.74) is -1.41. The van der Waals surface area contributed by atoms with Crippen molar-refractivity contribution in [3.05, 3.63) is 11.8 Å². The Kier molecular flexibility index (Phi) is 10.9. The molecule has 0 aromatic heterocycles.